The van der Waals surface area contributed by atoms with Gasteiger partial charge in [-0.3, -0.25) is 0 Å². The van der Waals surface area contributed by atoms with E-state index in [9.17, 15) is 0 Å². The quantitative estimate of drug-likeness (QED) is 0.537. The van der Waals surface area contributed by atoms with Crippen molar-refractivity contribution in [2.45, 2.75) is 33.7 Å². The van der Waals surface area contributed by atoms with Crippen LogP contribution >= 0.6 is 0 Å². The zero-order chi connectivity index (χ0) is 14.6. The fourth-order valence-electron chi connectivity index (χ4n) is 1.98. The number of hydrogen-bond acceptors (Lipinski definition) is 3. The second-order valence-corrected chi connectivity index (χ2v) is 4.64. The summed E-state index contributed by atoms with van der Waals surface area (Å²) in [6.07, 6.45) is 2.87. The van der Waals surface area contributed by atoms with E-state index in [0.717, 1.165) is 44.4 Å². The molecule has 0 unspecified atom stereocenters. The van der Waals surface area contributed by atoms with E-state index < -0.39 is 0 Å². The molecule has 1 aromatic heterocycles. The van der Waals surface area contributed by atoms with Crippen molar-refractivity contribution in [3.63, 3.8) is 0 Å². The summed E-state index contributed by atoms with van der Waals surface area (Å²) in [5.41, 5.74) is 0. The maximum Gasteiger partial charge on any atom is 0.191 e. The summed E-state index contributed by atoms with van der Waals surface area (Å²) in [7, 11) is 0. The molecule has 2 N–H and O–H groups in total. The highest BCUT2D eigenvalue weighted by Gasteiger charge is 2.02. The van der Waals surface area contributed by atoms with Crippen LogP contribution in [-0.2, 0) is 6.54 Å². The molecular formula is C15H28N4O. The van der Waals surface area contributed by atoms with Gasteiger partial charge in [0.2, 0.25) is 0 Å². The molecule has 0 radical (unpaired) electrons. The van der Waals surface area contributed by atoms with Crippen molar-refractivity contribution >= 4 is 5.96 Å². The van der Waals surface area contributed by atoms with Crippen molar-refractivity contribution in [3.05, 3.63) is 24.2 Å². The van der Waals surface area contributed by atoms with Gasteiger partial charge in [-0.25, -0.2) is 4.99 Å². The first kappa shape index (κ1) is 16.6. The molecule has 114 valence electrons. The second-order valence-electron chi connectivity index (χ2n) is 4.64. The lowest BCUT2D eigenvalue weighted by atomic mass is 10.4. The highest BCUT2D eigenvalue weighted by molar-refractivity contribution is 5.79. The summed E-state index contributed by atoms with van der Waals surface area (Å²) in [6.45, 7) is 12.1. The summed E-state index contributed by atoms with van der Waals surface area (Å²) in [5, 5.41) is 6.61. The van der Waals surface area contributed by atoms with Crippen LogP contribution in [0, 0.1) is 0 Å². The molecule has 0 aliphatic rings. The molecule has 0 atom stereocenters. The summed E-state index contributed by atoms with van der Waals surface area (Å²) in [4.78, 5) is 6.94. The summed E-state index contributed by atoms with van der Waals surface area (Å²) < 4.78 is 5.28. The van der Waals surface area contributed by atoms with E-state index >= 15 is 0 Å². The molecule has 1 aromatic rings. The first-order valence-electron chi connectivity index (χ1n) is 7.57. The van der Waals surface area contributed by atoms with Gasteiger partial charge in [0, 0.05) is 19.6 Å². The number of nitrogens with zero attached hydrogens (tertiary/aromatic N) is 2. The molecule has 0 aromatic carbocycles. The fourth-order valence-corrected chi connectivity index (χ4v) is 1.98. The van der Waals surface area contributed by atoms with Crippen molar-refractivity contribution in [3.8, 4) is 0 Å². The molecule has 0 saturated heterocycles. The van der Waals surface area contributed by atoms with Crippen LogP contribution in [0.25, 0.3) is 0 Å². The fraction of sp³-hybridized carbons (Fsp3) is 0.667. The van der Waals surface area contributed by atoms with Gasteiger partial charge in [-0.1, -0.05) is 13.8 Å². The van der Waals surface area contributed by atoms with Crippen molar-refractivity contribution in [2.24, 2.45) is 4.99 Å². The van der Waals surface area contributed by atoms with Crippen LogP contribution in [0.1, 0.15) is 33.0 Å². The zero-order valence-electron chi connectivity index (χ0n) is 13.0. The van der Waals surface area contributed by atoms with Gasteiger partial charge in [0.1, 0.15) is 12.3 Å². The standard InChI is InChI=1S/C15H28N4O/c1-4-10-19(6-3)11-9-17-15(16-5-2)18-13-14-8-7-12-20-14/h7-8,12H,4-6,9-11,13H2,1-3H3,(H2,16,17,18). The Labute approximate surface area is 122 Å². The monoisotopic (exact) mass is 280 g/mol. The van der Waals surface area contributed by atoms with Crippen molar-refractivity contribution < 1.29 is 4.42 Å². The van der Waals surface area contributed by atoms with Crippen molar-refractivity contribution in [2.75, 3.05) is 32.7 Å². The van der Waals surface area contributed by atoms with Crippen LogP contribution in [0.3, 0.4) is 0 Å². The Balaban J connectivity index is 2.36. The minimum Gasteiger partial charge on any atom is -0.467 e. The number of hydrogen-bond donors (Lipinski definition) is 2. The normalized spacial score (nSPS) is 11.9. The molecule has 0 saturated carbocycles. The molecule has 5 heteroatoms. The lowest BCUT2D eigenvalue weighted by Crippen LogP contribution is -2.41. The van der Waals surface area contributed by atoms with Gasteiger partial charge in [-0.05, 0) is 38.6 Å². The smallest absolute Gasteiger partial charge is 0.191 e. The number of rotatable bonds is 9. The molecule has 0 aliphatic heterocycles. The molecule has 1 rings (SSSR count). The van der Waals surface area contributed by atoms with E-state index in [4.69, 9.17) is 4.42 Å². The van der Waals surface area contributed by atoms with E-state index in [1.807, 2.05) is 12.1 Å². The third-order valence-corrected chi connectivity index (χ3v) is 3.02. The average Bonchev–Trinajstić information content (AvgIpc) is 2.97. The topological polar surface area (TPSA) is 52.8 Å². The third kappa shape index (κ3) is 6.61. The molecular weight excluding hydrogens is 252 g/mol. The zero-order valence-corrected chi connectivity index (χ0v) is 13.0. The van der Waals surface area contributed by atoms with Gasteiger partial charge in [-0.2, -0.15) is 0 Å². The maximum atomic E-state index is 5.28. The lowest BCUT2D eigenvalue weighted by molar-refractivity contribution is 0.293. The molecule has 1 heterocycles. The Kier molecular flexibility index (Phi) is 8.54. The van der Waals surface area contributed by atoms with Gasteiger partial charge in [0.05, 0.1) is 6.26 Å². The Hall–Kier alpha value is -1.49. The van der Waals surface area contributed by atoms with E-state index in [0.29, 0.717) is 6.54 Å². The molecule has 0 spiro atoms. The minimum atomic E-state index is 0.564. The molecule has 20 heavy (non-hydrogen) atoms. The number of nitrogens with one attached hydrogen (secondary N) is 2. The Morgan fingerprint density at radius 3 is 2.70 bits per heavy atom. The van der Waals surface area contributed by atoms with Crippen LogP contribution in [0.2, 0.25) is 0 Å². The largest absolute Gasteiger partial charge is 0.467 e. The number of guanidine groups is 1. The van der Waals surface area contributed by atoms with Gasteiger partial charge >= 0.3 is 0 Å². The molecule has 0 aliphatic carbocycles. The first-order chi connectivity index (χ1) is 9.80. The summed E-state index contributed by atoms with van der Waals surface area (Å²) >= 11 is 0. The number of aliphatic imine (C=N–C) groups is 1. The highest BCUT2D eigenvalue weighted by atomic mass is 16.3. The molecule has 0 fully saturated rings. The predicted octanol–water partition coefficient (Wildman–Crippen LogP) is 2.07. The van der Waals surface area contributed by atoms with Crippen LogP contribution in [0.5, 0.6) is 0 Å². The first-order valence-corrected chi connectivity index (χ1v) is 7.57. The number of furan rings is 1. The molecule has 0 bridgehead atoms. The van der Waals surface area contributed by atoms with E-state index in [1.54, 1.807) is 6.26 Å². The van der Waals surface area contributed by atoms with Crippen LogP contribution in [-0.4, -0.2) is 43.6 Å². The molecule has 5 nitrogen and oxygen atoms in total. The van der Waals surface area contributed by atoms with Crippen molar-refractivity contribution in [1.29, 1.82) is 0 Å². The summed E-state index contributed by atoms with van der Waals surface area (Å²) in [6, 6.07) is 3.82. The SMILES string of the molecule is CCCN(CC)CCNC(=NCc1ccco1)NCC. The number of likely N-dealkylation sites (N-methyl/N-ethyl adjacent to an activating group) is 1. The molecule has 0 amide bonds. The van der Waals surface area contributed by atoms with E-state index in [1.165, 1.54) is 6.42 Å². The van der Waals surface area contributed by atoms with E-state index in [-0.39, 0.29) is 0 Å². The Bertz CT molecular complexity index is 362. The van der Waals surface area contributed by atoms with Crippen LogP contribution in [0.4, 0.5) is 0 Å². The Morgan fingerprint density at radius 2 is 2.10 bits per heavy atom. The average molecular weight is 280 g/mol. The minimum absolute atomic E-state index is 0.564. The van der Waals surface area contributed by atoms with Crippen LogP contribution < -0.4 is 10.6 Å². The second kappa shape index (κ2) is 10.3. The van der Waals surface area contributed by atoms with E-state index in [2.05, 4.69) is 41.3 Å². The van der Waals surface area contributed by atoms with Crippen molar-refractivity contribution in [1.82, 2.24) is 15.5 Å². The van der Waals surface area contributed by atoms with Gasteiger partial charge in [0.15, 0.2) is 5.96 Å². The lowest BCUT2D eigenvalue weighted by Gasteiger charge is -2.20. The summed E-state index contributed by atoms with van der Waals surface area (Å²) in [5.74, 6) is 1.72. The van der Waals surface area contributed by atoms with Gasteiger partial charge in [-0.15, -0.1) is 0 Å². The third-order valence-electron chi connectivity index (χ3n) is 3.02. The van der Waals surface area contributed by atoms with Crippen LogP contribution in [0.15, 0.2) is 27.8 Å². The van der Waals surface area contributed by atoms with Gasteiger partial charge in [0.25, 0.3) is 0 Å². The maximum absolute atomic E-state index is 5.28. The highest BCUT2D eigenvalue weighted by Crippen LogP contribution is 2.01. The van der Waals surface area contributed by atoms with Gasteiger partial charge < -0.3 is 20.0 Å². The predicted molar refractivity (Wildman–Crippen MR) is 83.9 cm³/mol. The Morgan fingerprint density at radius 1 is 1.25 bits per heavy atom.